The molecule has 6 rings (SSSR count). The average molecular weight is 1060 g/mol. The predicted molar refractivity (Wildman–Crippen MR) is 286 cm³/mol. The van der Waals surface area contributed by atoms with Crippen LogP contribution < -0.4 is 0 Å². The number of ketones is 3. The molecule has 6 bridgehead atoms. The Balaban J connectivity index is 1.50. The summed E-state index contributed by atoms with van der Waals surface area (Å²) in [7, 11) is -27.9. The zero-order valence-corrected chi connectivity index (χ0v) is 48.0. The molecule has 6 aliphatic rings. The Morgan fingerprint density at radius 2 is 0.543 bits per heavy atom. The van der Waals surface area contributed by atoms with Gasteiger partial charge in [-0.15, -0.1) is 0 Å². The van der Waals surface area contributed by atoms with Crippen LogP contribution in [0.1, 0.15) is 247 Å². The molecule has 0 saturated carbocycles. The molecule has 3 saturated heterocycles. The second kappa shape index (κ2) is 22.1. The van der Waals surface area contributed by atoms with E-state index in [-0.39, 0.29) is 36.0 Å². The van der Waals surface area contributed by atoms with Gasteiger partial charge in [-0.3, -0.25) is 0 Å². The fraction of sp³-hybridized carbons (Fsp3) is 0.737. The van der Waals surface area contributed by atoms with Crippen molar-refractivity contribution >= 4 is 39.6 Å². The van der Waals surface area contributed by atoms with Gasteiger partial charge in [-0.2, -0.15) is 0 Å². The van der Waals surface area contributed by atoms with Crippen molar-refractivity contribution < 1.29 is 48.5 Å². The summed E-state index contributed by atoms with van der Waals surface area (Å²) in [5, 5.41) is 0. The quantitative estimate of drug-likeness (QED) is 0.0452. The molecule has 3 aliphatic carbocycles. The first-order valence-electron chi connectivity index (χ1n) is 28.5. The van der Waals surface area contributed by atoms with Gasteiger partial charge in [-0.25, -0.2) is 0 Å². The van der Waals surface area contributed by atoms with Crippen molar-refractivity contribution in [1.29, 1.82) is 0 Å². The van der Waals surface area contributed by atoms with Crippen LogP contribution in [-0.2, 0) is 45.5 Å². The fourth-order valence-corrected chi connectivity index (χ4v) is 107. The Morgan fingerprint density at radius 3 is 0.743 bits per heavy atom. The zero-order valence-electron chi connectivity index (χ0n) is 44.0. The SMILES string of the molecule is CCCCCCCCCCCCC1=CC=C2C(=O)[CH]1[Ti]13([CH](C)C)([CH]4C(=O)C(=CC=C4CCCCCCCCCCCC)[S]1(=O)=O)([CH]1C(=O)C(=CC=C1CCCCCCCCCCCC)[S]3(=O)=O)[S]2(=O)=O. The van der Waals surface area contributed by atoms with Gasteiger partial charge in [0.15, 0.2) is 0 Å². The third kappa shape index (κ3) is 6.64. The van der Waals surface area contributed by atoms with Crippen LogP contribution in [0.5, 0.6) is 0 Å². The first-order valence-corrected chi connectivity index (χ1v) is 42.3. The molecule has 0 N–H and O–H groups in total. The number of carbonyl (C=O) groups excluding carboxylic acids is 3. The Labute approximate surface area is 416 Å². The molecular weight excluding hydrogens is 973 g/mol. The van der Waals surface area contributed by atoms with Crippen molar-refractivity contribution in [1.82, 2.24) is 0 Å². The van der Waals surface area contributed by atoms with Crippen LogP contribution in [-0.4, -0.2) is 42.6 Å². The zero-order chi connectivity index (χ0) is 51.0. The van der Waals surface area contributed by atoms with E-state index in [0.717, 1.165) is 95.3 Å². The van der Waals surface area contributed by atoms with E-state index in [1.807, 2.05) is 0 Å². The standard InChI is InChI=1S/3C18H28O3S.C3H7.Ti/c3*1-2-3-4-5-6-7-8-9-10-11-12-16-13-14-18(22(20)21)17(19)15-16;1-3-2;/h3*13-15H,2-12H2,1H3;3H,1-2H3;. The van der Waals surface area contributed by atoms with E-state index < -0.39 is 80.1 Å². The van der Waals surface area contributed by atoms with E-state index in [1.165, 1.54) is 109 Å². The molecule has 13 heteroatoms. The van der Waals surface area contributed by atoms with Gasteiger partial charge in [0, 0.05) is 0 Å². The van der Waals surface area contributed by atoms with E-state index in [9.17, 15) is 0 Å². The molecule has 9 nitrogen and oxygen atoms in total. The Hall–Kier alpha value is -1.99. The summed E-state index contributed by atoms with van der Waals surface area (Å²) in [5.74, 6) is -3.17. The molecule has 3 atom stereocenters. The van der Waals surface area contributed by atoms with E-state index in [1.54, 1.807) is 0 Å². The fourth-order valence-electron chi connectivity index (χ4n) is 16.9. The second-order valence-electron chi connectivity index (χ2n) is 23.3. The van der Waals surface area contributed by atoms with Crippen LogP contribution in [0, 0.1) is 0 Å². The van der Waals surface area contributed by atoms with Crippen LogP contribution >= 0.6 is 0 Å². The molecule has 70 heavy (non-hydrogen) atoms. The number of unbranched alkanes of at least 4 members (excludes halogenated alkanes) is 27. The van der Waals surface area contributed by atoms with Crippen molar-refractivity contribution in [2.24, 2.45) is 0 Å². The first kappa shape index (κ1) is 57.3. The first-order chi connectivity index (χ1) is 33.5. The average Bonchev–Trinajstić information content (AvgIpc) is 3.49. The number of Topliss-reactive ketones (excluding diaryl/α,β-unsaturated/α-hetero) is 3. The van der Waals surface area contributed by atoms with Crippen molar-refractivity contribution in [3.8, 4) is 0 Å². The molecule has 0 radical (unpaired) electrons. The summed E-state index contributed by atoms with van der Waals surface area (Å²) < 4.78 is 95.7. The molecule has 0 aromatic rings. The number of hydrogen-bond donors (Lipinski definition) is 0. The van der Waals surface area contributed by atoms with Gasteiger partial charge in [0.2, 0.25) is 0 Å². The van der Waals surface area contributed by atoms with Gasteiger partial charge < -0.3 is 0 Å². The maximum atomic E-state index is 17.4. The van der Waals surface area contributed by atoms with Crippen LogP contribution in [0.3, 0.4) is 0 Å². The van der Waals surface area contributed by atoms with E-state index in [0.29, 0.717) is 38.5 Å². The summed E-state index contributed by atoms with van der Waals surface area (Å²) in [6.45, 7) is 9.32. The van der Waals surface area contributed by atoms with Crippen molar-refractivity contribution in [3.05, 3.63) is 67.9 Å². The van der Waals surface area contributed by atoms with Gasteiger partial charge >= 0.3 is 379 Å². The predicted octanol–water partition coefficient (Wildman–Crippen LogP) is 16.1. The monoisotopic (exact) mass is 1060 g/mol. The Bertz CT molecular complexity index is 2290. The van der Waals surface area contributed by atoms with Gasteiger partial charge in [-0.1, -0.05) is 40.0 Å². The third-order valence-corrected chi connectivity index (χ3v) is 102. The Kier molecular flexibility index (Phi) is 18.1. The number of allylic oxidation sites excluding steroid dienone is 12. The molecule has 3 unspecified atom stereocenters. The minimum absolute atomic E-state index is 0.0748. The van der Waals surface area contributed by atoms with Crippen LogP contribution in [0.25, 0.3) is 0 Å². The summed E-state index contributed by atoms with van der Waals surface area (Å²) in [6, 6.07) is 0. The molecule has 0 aromatic heterocycles. The Morgan fingerprint density at radius 1 is 0.343 bits per heavy atom. The maximum absolute atomic E-state index is 17.4. The van der Waals surface area contributed by atoms with Crippen molar-refractivity contribution in [2.75, 3.05) is 0 Å². The molecule has 1 spiro atoms. The number of hydrogen-bond acceptors (Lipinski definition) is 9. The summed E-state index contributed by atoms with van der Waals surface area (Å²) >= 11 is 0. The van der Waals surface area contributed by atoms with Gasteiger partial charge in [-0.05, 0) is 0 Å². The minimum atomic E-state index is -10.2. The summed E-state index contributed by atoms with van der Waals surface area (Å²) in [6.07, 6.45) is 38.3. The van der Waals surface area contributed by atoms with Crippen LogP contribution in [0.15, 0.2) is 67.9 Å². The van der Waals surface area contributed by atoms with E-state index in [4.69, 9.17) is 0 Å². The van der Waals surface area contributed by atoms with Gasteiger partial charge in [0.05, 0.1) is 0 Å². The van der Waals surface area contributed by atoms with Gasteiger partial charge in [0.1, 0.15) is 0 Å². The number of carbonyl (C=O) groups is 3. The number of rotatable bonds is 34. The molecule has 3 fully saturated rings. The molecule has 395 valence electrons. The van der Waals surface area contributed by atoms with Crippen molar-refractivity contribution in [2.45, 2.75) is 263 Å². The summed E-state index contributed by atoms with van der Waals surface area (Å²) in [4.78, 5) is 45.2. The molecule has 3 heterocycles. The topological polar surface area (TPSA) is 154 Å². The molecule has 0 amide bonds. The molecule has 0 aromatic carbocycles. The van der Waals surface area contributed by atoms with Crippen LogP contribution in [0.2, 0.25) is 16.9 Å². The molecule has 3 aliphatic heterocycles. The van der Waals surface area contributed by atoms with E-state index in [2.05, 4.69) is 20.8 Å². The van der Waals surface area contributed by atoms with Crippen molar-refractivity contribution in [3.63, 3.8) is 0 Å². The normalized spacial score (nSPS) is 26.9. The van der Waals surface area contributed by atoms with Crippen LogP contribution in [0.4, 0.5) is 0 Å². The van der Waals surface area contributed by atoms with E-state index >= 15 is 39.6 Å². The number of fused-ring (bicyclic) bond motifs is 6. The molecular formula is C57H91O9S3Ti. The summed E-state index contributed by atoms with van der Waals surface area (Å²) in [5.41, 5.74) is 0.429. The van der Waals surface area contributed by atoms with Gasteiger partial charge in [0.25, 0.3) is 0 Å². The second-order valence-corrected chi connectivity index (χ2v) is 68.0. The third-order valence-electron chi connectivity index (χ3n) is 20.1.